The highest BCUT2D eigenvalue weighted by Crippen LogP contribution is 2.16. The normalized spacial score (nSPS) is 16.8. The number of aromatic nitrogens is 3. The number of aryl methyl sites for hydroxylation is 1. The van der Waals surface area contributed by atoms with E-state index in [1.807, 2.05) is 18.5 Å². The molecule has 0 spiro atoms. The number of hydrogen-bond donors (Lipinski definition) is 1. The van der Waals surface area contributed by atoms with Crippen molar-refractivity contribution in [2.45, 2.75) is 46.1 Å². The zero-order valence-corrected chi connectivity index (χ0v) is 20.7. The first-order chi connectivity index (χ1) is 14.2. The molecule has 1 aromatic carbocycles. The minimum atomic E-state index is 0. The topological polar surface area (TPSA) is 67.6 Å². The zero-order valence-electron chi connectivity index (χ0n) is 18.4. The number of methoxy groups -OCH3 is 1. The van der Waals surface area contributed by atoms with Gasteiger partial charge in [0.1, 0.15) is 17.9 Å². The van der Waals surface area contributed by atoms with Crippen LogP contribution in [0.3, 0.4) is 0 Å². The molecule has 2 aromatic rings. The third-order valence-corrected chi connectivity index (χ3v) is 5.43. The summed E-state index contributed by atoms with van der Waals surface area (Å²) in [6, 6.07) is 8.25. The van der Waals surface area contributed by atoms with Crippen molar-refractivity contribution in [2.24, 2.45) is 10.9 Å². The number of aliphatic imine (C=N–C) groups is 1. The van der Waals surface area contributed by atoms with Gasteiger partial charge in [0.2, 0.25) is 0 Å². The molecule has 1 aliphatic heterocycles. The van der Waals surface area contributed by atoms with Crippen LogP contribution >= 0.6 is 24.0 Å². The average Bonchev–Trinajstić information content (AvgIpc) is 3.20. The number of rotatable bonds is 8. The summed E-state index contributed by atoms with van der Waals surface area (Å²) < 4.78 is 7.35. The number of nitrogens with zero attached hydrogens (tertiary/aromatic N) is 5. The Balaban J connectivity index is 0.00000320. The van der Waals surface area contributed by atoms with Crippen LogP contribution in [0.1, 0.15) is 38.1 Å². The lowest BCUT2D eigenvalue weighted by Crippen LogP contribution is -2.47. The van der Waals surface area contributed by atoms with Gasteiger partial charge in [0, 0.05) is 39.1 Å². The van der Waals surface area contributed by atoms with Crippen LogP contribution < -0.4 is 10.1 Å². The number of piperidine rings is 1. The molecule has 2 heterocycles. The van der Waals surface area contributed by atoms with Crippen LogP contribution in [0.15, 0.2) is 35.6 Å². The van der Waals surface area contributed by atoms with E-state index in [1.165, 1.54) is 18.4 Å². The summed E-state index contributed by atoms with van der Waals surface area (Å²) in [4.78, 5) is 7.35. The van der Waals surface area contributed by atoms with E-state index in [1.54, 1.807) is 7.11 Å². The predicted molar refractivity (Wildman–Crippen MR) is 132 cm³/mol. The fourth-order valence-corrected chi connectivity index (χ4v) is 3.76. The van der Waals surface area contributed by atoms with Crippen molar-refractivity contribution in [2.75, 3.05) is 33.3 Å². The zero-order chi connectivity index (χ0) is 20.5. The van der Waals surface area contributed by atoms with Gasteiger partial charge in [-0.15, -0.1) is 34.2 Å². The molecule has 30 heavy (non-hydrogen) atoms. The van der Waals surface area contributed by atoms with Crippen molar-refractivity contribution in [3.05, 3.63) is 42.0 Å². The lowest BCUT2D eigenvalue weighted by atomic mass is 10.0. The highest BCUT2D eigenvalue weighted by molar-refractivity contribution is 14.0. The van der Waals surface area contributed by atoms with Gasteiger partial charge in [-0.3, -0.25) is 4.99 Å². The van der Waals surface area contributed by atoms with Crippen molar-refractivity contribution >= 4 is 29.9 Å². The Morgan fingerprint density at radius 3 is 2.80 bits per heavy atom. The molecule has 1 aliphatic rings. The number of guanidine groups is 1. The lowest BCUT2D eigenvalue weighted by Gasteiger charge is -2.33. The molecule has 0 bridgehead atoms. The Bertz CT molecular complexity index is 776. The van der Waals surface area contributed by atoms with Crippen LogP contribution in [0.5, 0.6) is 5.75 Å². The minimum absolute atomic E-state index is 0. The largest absolute Gasteiger partial charge is 0.497 e. The van der Waals surface area contributed by atoms with Crippen molar-refractivity contribution < 1.29 is 4.74 Å². The Morgan fingerprint density at radius 2 is 2.10 bits per heavy atom. The van der Waals surface area contributed by atoms with Crippen molar-refractivity contribution in [1.82, 2.24) is 25.0 Å². The predicted octanol–water partition coefficient (Wildman–Crippen LogP) is 3.39. The van der Waals surface area contributed by atoms with E-state index in [4.69, 9.17) is 9.73 Å². The van der Waals surface area contributed by atoms with E-state index in [2.05, 4.69) is 51.0 Å². The summed E-state index contributed by atoms with van der Waals surface area (Å²) in [5.74, 6) is 3.65. The summed E-state index contributed by atoms with van der Waals surface area (Å²) in [5.41, 5.74) is 1.28. The van der Waals surface area contributed by atoms with Crippen LogP contribution in [0.2, 0.25) is 0 Å². The summed E-state index contributed by atoms with van der Waals surface area (Å²) >= 11 is 0. The first-order valence-corrected chi connectivity index (χ1v) is 10.7. The summed E-state index contributed by atoms with van der Waals surface area (Å²) in [5, 5.41) is 11.8. The molecule has 0 saturated carbocycles. The van der Waals surface area contributed by atoms with Crippen molar-refractivity contribution in [3.63, 3.8) is 0 Å². The molecule has 1 N–H and O–H groups in total. The fraction of sp³-hybridized carbons (Fsp3) is 0.591. The number of benzene rings is 1. The molecule has 1 aromatic heterocycles. The number of hydrogen-bond acceptors (Lipinski definition) is 4. The van der Waals surface area contributed by atoms with E-state index in [0.717, 1.165) is 63.1 Å². The summed E-state index contributed by atoms with van der Waals surface area (Å²) in [6.45, 7) is 9.01. The monoisotopic (exact) mass is 526 g/mol. The molecule has 1 unspecified atom stereocenters. The number of likely N-dealkylation sites (tertiary alicyclic amines) is 1. The van der Waals surface area contributed by atoms with Gasteiger partial charge in [-0.25, -0.2) is 0 Å². The molecular weight excluding hydrogens is 491 g/mol. The maximum absolute atomic E-state index is 5.24. The number of ether oxygens (including phenoxy) is 1. The average molecular weight is 526 g/mol. The molecule has 3 rings (SSSR count). The molecule has 166 valence electrons. The quantitative estimate of drug-likeness (QED) is 0.325. The van der Waals surface area contributed by atoms with E-state index in [-0.39, 0.29) is 24.0 Å². The Morgan fingerprint density at radius 1 is 1.30 bits per heavy atom. The van der Waals surface area contributed by atoms with Crippen LogP contribution in [0, 0.1) is 5.92 Å². The van der Waals surface area contributed by atoms with Crippen molar-refractivity contribution in [3.8, 4) is 5.75 Å². The van der Waals surface area contributed by atoms with Crippen LogP contribution in [0.4, 0.5) is 0 Å². The summed E-state index contributed by atoms with van der Waals surface area (Å²) in [7, 11) is 1.69. The Kier molecular flexibility index (Phi) is 10.4. The van der Waals surface area contributed by atoms with E-state index < -0.39 is 0 Å². The van der Waals surface area contributed by atoms with Crippen LogP contribution in [-0.2, 0) is 19.4 Å². The standard InChI is InChI=1S/C22H34N6O.HI/c1-4-21-26-25-17-28(21)15-13-24-22(27-14-5-6-18(2)16-27)23-12-11-19-7-9-20(29-3)10-8-19;/h7-10,17-18H,4-6,11-16H2,1-3H3,(H,23,24);1H. The number of nitrogens with one attached hydrogen (secondary N) is 1. The molecule has 1 saturated heterocycles. The van der Waals surface area contributed by atoms with Gasteiger partial charge in [-0.2, -0.15) is 0 Å². The van der Waals surface area contributed by atoms with Crippen LogP contribution in [-0.4, -0.2) is 58.9 Å². The molecule has 0 radical (unpaired) electrons. The highest BCUT2D eigenvalue weighted by atomic mass is 127. The SMILES string of the molecule is CCc1nncn1CCNC(=NCCc1ccc(OC)cc1)N1CCCC(C)C1.I. The highest BCUT2D eigenvalue weighted by Gasteiger charge is 2.19. The molecule has 8 heteroatoms. The van der Waals surface area contributed by atoms with Gasteiger partial charge in [0.25, 0.3) is 0 Å². The molecule has 0 aliphatic carbocycles. The third kappa shape index (κ3) is 7.14. The van der Waals surface area contributed by atoms with E-state index >= 15 is 0 Å². The Hall–Kier alpha value is -1.84. The van der Waals surface area contributed by atoms with Gasteiger partial charge in [0.15, 0.2) is 5.96 Å². The van der Waals surface area contributed by atoms with Gasteiger partial charge >= 0.3 is 0 Å². The smallest absolute Gasteiger partial charge is 0.194 e. The minimum Gasteiger partial charge on any atom is -0.497 e. The molecule has 7 nitrogen and oxygen atoms in total. The van der Waals surface area contributed by atoms with Crippen molar-refractivity contribution in [1.29, 1.82) is 0 Å². The lowest BCUT2D eigenvalue weighted by molar-refractivity contribution is 0.265. The maximum atomic E-state index is 5.24. The van der Waals surface area contributed by atoms with Gasteiger partial charge in [-0.1, -0.05) is 26.0 Å². The Labute approximate surface area is 197 Å². The van der Waals surface area contributed by atoms with Gasteiger partial charge in [0.05, 0.1) is 7.11 Å². The fourth-order valence-electron chi connectivity index (χ4n) is 3.76. The second kappa shape index (κ2) is 12.8. The number of halogens is 1. The molecule has 0 amide bonds. The molecule has 1 atom stereocenters. The van der Waals surface area contributed by atoms with Gasteiger partial charge in [-0.05, 0) is 42.9 Å². The molecule has 1 fully saturated rings. The first-order valence-electron chi connectivity index (χ1n) is 10.7. The first kappa shape index (κ1) is 24.4. The van der Waals surface area contributed by atoms with E-state index in [0.29, 0.717) is 5.92 Å². The third-order valence-electron chi connectivity index (χ3n) is 5.43. The van der Waals surface area contributed by atoms with Gasteiger partial charge < -0.3 is 19.5 Å². The van der Waals surface area contributed by atoms with Crippen LogP contribution in [0.25, 0.3) is 0 Å². The second-order valence-corrected chi connectivity index (χ2v) is 7.72. The summed E-state index contributed by atoms with van der Waals surface area (Å²) in [6.07, 6.45) is 6.16. The van der Waals surface area contributed by atoms with E-state index in [9.17, 15) is 0 Å². The second-order valence-electron chi connectivity index (χ2n) is 7.72. The maximum Gasteiger partial charge on any atom is 0.194 e. The molecular formula is C22H35IN6O.